The molecule has 1 N–H and O–H groups in total. The highest BCUT2D eigenvalue weighted by molar-refractivity contribution is 6.00. The minimum atomic E-state index is -0.634. The Kier molecular flexibility index (Phi) is 7.69. The first-order chi connectivity index (χ1) is 18.6. The second-order valence-electron chi connectivity index (χ2n) is 9.22. The fourth-order valence-corrected chi connectivity index (χ4v) is 4.69. The zero-order valence-corrected chi connectivity index (χ0v) is 21.2. The molecule has 1 heterocycles. The Balaban J connectivity index is 1.29. The number of para-hydroxylation sites is 1. The van der Waals surface area contributed by atoms with Gasteiger partial charge in [-0.25, -0.2) is 0 Å². The van der Waals surface area contributed by atoms with Crippen molar-refractivity contribution in [3.8, 4) is 11.5 Å². The molecular formula is C32H30N2O4. The van der Waals surface area contributed by atoms with E-state index in [4.69, 9.17) is 9.47 Å². The number of anilines is 2. The Labute approximate surface area is 222 Å². The summed E-state index contributed by atoms with van der Waals surface area (Å²) in [4.78, 5) is 27.7. The van der Waals surface area contributed by atoms with E-state index in [1.807, 2.05) is 97.1 Å². The second-order valence-corrected chi connectivity index (χ2v) is 9.22. The second kappa shape index (κ2) is 11.6. The summed E-state index contributed by atoms with van der Waals surface area (Å²) in [6.07, 6.45) is -0.338. The molecule has 4 aromatic rings. The molecule has 38 heavy (non-hydrogen) atoms. The van der Waals surface area contributed by atoms with Crippen molar-refractivity contribution in [2.24, 2.45) is 0 Å². The van der Waals surface area contributed by atoms with Crippen LogP contribution in [-0.2, 0) is 9.59 Å². The van der Waals surface area contributed by atoms with Crippen LogP contribution < -0.4 is 19.7 Å². The normalized spacial score (nSPS) is 14.5. The predicted octanol–water partition coefficient (Wildman–Crippen LogP) is 6.04. The molecule has 0 saturated carbocycles. The Hall–Kier alpha value is -4.58. The molecule has 6 heteroatoms. The van der Waals surface area contributed by atoms with Crippen molar-refractivity contribution in [2.75, 3.05) is 23.4 Å². The zero-order valence-electron chi connectivity index (χ0n) is 21.2. The van der Waals surface area contributed by atoms with Gasteiger partial charge in [-0.3, -0.25) is 9.59 Å². The molecule has 1 unspecified atom stereocenters. The van der Waals surface area contributed by atoms with Gasteiger partial charge in [0.25, 0.3) is 5.91 Å². The lowest BCUT2D eigenvalue weighted by Gasteiger charge is -2.33. The van der Waals surface area contributed by atoms with E-state index in [-0.39, 0.29) is 17.7 Å². The van der Waals surface area contributed by atoms with Crippen molar-refractivity contribution < 1.29 is 19.1 Å². The number of nitrogens with zero attached hydrogens (tertiary/aromatic N) is 1. The number of fused-ring (bicyclic) bond motifs is 1. The first kappa shape index (κ1) is 25.1. The molecule has 5 rings (SSSR count). The Morgan fingerprint density at radius 2 is 1.50 bits per heavy atom. The van der Waals surface area contributed by atoms with Crippen molar-refractivity contribution in [3.63, 3.8) is 0 Å². The van der Waals surface area contributed by atoms with Crippen LogP contribution in [-0.4, -0.2) is 31.1 Å². The van der Waals surface area contributed by atoms with Crippen LogP contribution in [0.1, 0.15) is 30.4 Å². The lowest BCUT2D eigenvalue weighted by atomic mass is 9.88. The van der Waals surface area contributed by atoms with E-state index in [1.54, 1.807) is 24.0 Å². The number of hydrogen-bond acceptors (Lipinski definition) is 4. The van der Waals surface area contributed by atoms with Crippen LogP contribution in [0.25, 0.3) is 0 Å². The van der Waals surface area contributed by atoms with E-state index in [0.717, 1.165) is 16.9 Å². The van der Waals surface area contributed by atoms with E-state index in [2.05, 4.69) is 5.32 Å². The molecule has 0 aromatic heterocycles. The highest BCUT2D eigenvalue weighted by atomic mass is 16.5. The maximum atomic E-state index is 13.2. The summed E-state index contributed by atoms with van der Waals surface area (Å²) in [6.45, 7) is 2.46. The van der Waals surface area contributed by atoms with Crippen LogP contribution in [0.3, 0.4) is 0 Å². The van der Waals surface area contributed by atoms with Gasteiger partial charge >= 0.3 is 0 Å². The van der Waals surface area contributed by atoms with Crippen LogP contribution >= 0.6 is 0 Å². The molecule has 1 atom stereocenters. The van der Waals surface area contributed by atoms with Gasteiger partial charge in [0.1, 0.15) is 18.1 Å². The van der Waals surface area contributed by atoms with Gasteiger partial charge < -0.3 is 19.7 Å². The molecule has 0 fully saturated rings. The van der Waals surface area contributed by atoms with Gasteiger partial charge in [-0.15, -0.1) is 0 Å². The first-order valence-corrected chi connectivity index (χ1v) is 12.8. The van der Waals surface area contributed by atoms with E-state index >= 15 is 0 Å². The third-order valence-corrected chi connectivity index (χ3v) is 6.57. The number of carbonyl (C=O) groups excluding carboxylic acids is 2. The SMILES string of the molecule is CC1Oc2cc(NC(=O)CC(c3ccccc3)c3ccccc3)ccc2N(CCOc2ccccc2)C1=O. The average molecular weight is 507 g/mol. The van der Waals surface area contributed by atoms with Crippen LogP contribution in [0.2, 0.25) is 0 Å². The Morgan fingerprint density at radius 3 is 2.13 bits per heavy atom. The van der Waals surface area contributed by atoms with E-state index in [9.17, 15) is 9.59 Å². The molecule has 0 bridgehead atoms. The summed E-state index contributed by atoms with van der Waals surface area (Å²) in [6, 6.07) is 35.0. The molecular weight excluding hydrogens is 476 g/mol. The topological polar surface area (TPSA) is 67.9 Å². The number of carbonyl (C=O) groups is 2. The van der Waals surface area contributed by atoms with Gasteiger partial charge in [0.15, 0.2) is 6.10 Å². The minimum absolute atomic E-state index is 0.0657. The van der Waals surface area contributed by atoms with Crippen molar-refractivity contribution in [1.82, 2.24) is 0 Å². The monoisotopic (exact) mass is 506 g/mol. The molecule has 0 spiro atoms. The van der Waals surface area contributed by atoms with Gasteiger partial charge in [0.05, 0.1) is 12.2 Å². The highest BCUT2D eigenvalue weighted by Gasteiger charge is 2.31. The summed E-state index contributed by atoms with van der Waals surface area (Å²) in [5.74, 6) is 1.01. The van der Waals surface area contributed by atoms with Gasteiger partial charge in [0.2, 0.25) is 5.91 Å². The first-order valence-electron chi connectivity index (χ1n) is 12.8. The summed E-state index contributed by atoms with van der Waals surface area (Å²) in [7, 11) is 0. The van der Waals surface area contributed by atoms with Crippen LogP contribution in [0.4, 0.5) is 11.4 Å². The van der Waals surface area contributed by atoms with E-state index in [1.165, 1.54) is 0 Å². The number of nitrogens with one attached hydrogen (secondary N) is 1. The molecule has 192 valence electrons. The number of rotatable bonds is 9. The highest BCUT2D eigenvalue weighted by Crippen LogP contribution is 2.36. The van der Waals surface area contributed by atoms with E-state index < -0.39 is 6.10 Å². The number of amides is 2. The lowest BCUT2D eigenvalue weighted by molar-refractivity contribution is -0.125. The summed E-state index contributed by atoms with van der Waals surface area (Å²) in [5, 5.41) is 3.02. The average Bonchev–Trinajstić information content (AvgIpc) is 2.95. The van der Waals surface area contributed by atoms with E-state index in [0.29, 0.717) is 36.7 Å². The van der Waals surface area contributed by atoms with Crippen molar-refractivity contribution >= 4 is 23.2 Å². The molecule has 4 aromatic carbocycles. The lowest BCUT2D eigenvalue weighted by Crippen LogP contribution is -2.46. The van der Waals surface area contributed by atoms with Gasteiger partial charge in [-0.2, -0.15) is 0 Å². The number of ether oxygens (including phenoxy) is 2. The molecule has 0 saturated heterocycles. The third-order valence-electron chi connectivity index (χ3n) is 6.57. The predicted molar refractivity (Wildman–Crippen MR) is 149 cm³/mol. The summed E-state index contributed by atoms with van der Waals surface area (Å²) < 4.78 is 11.7. The summed E-state index contributed by atoms with van der Waals surface area (Å²) >= 11 is 0. The van der Waals surface area contributed by atoms with Crippen molar-refractivity contribution in [3.05, 3.63) is 120 Å². The zero-order chi connectivity index (χ0) is 26.3. The summed E-state index contributed by atoms with van der Waals surface area (Å²) in [5.41, 5.74) is 3.46. The van der Waals surface area contributed by atoms with Gasteiger partial charge in [0, 0.05) is 24.1 Å². The van der Waals surface area contributed by atoms with Crippen molar-refractivity contribution in [2.45, 2.75) is 25.4 Å². The van der Waals surface area contributed by atoms with Gasteiger partial charge in [-0.05, 0) is 42.3 Å². The molecule has 6 nitrogen and oxygen atoms in total. The largest absolute Gasteiger partial charge is 0.492 e. The number of hydrogen-bond donors (Lipinski definition) is 1. The molecule has 2 amide bonds. The fourth-order valence-electron chi connectivity index (χ4n) is 4.69. The van der Waals surface area contributed by atoms with Crippen LogP contribution in [0, 0.1) is 0 Å². The standard InChI is InChI=1S/C32H30N2O4/c1-23-32(36)34(19-20-37-27-15-9-4-10-16-27)29-18-17-26(21-30(29)38-23)33-31(35)22-28(24-11-5-2-6-12-24)25-13-7-3-8-14-25/h2-18,21,23,28H,19-20,22H2,1H3,(H,33,35). The minimum Gasteiger partial charge on any atom is -0.492 e. The molecule has 1 aliphatic heterocycles. The van der Waals surface area contributed by atoms with Crippen LogP contribution in [0.15, 0.2) is 109 Å². The maximum absolute atomic E-state index is 13.2. The Morgan fingerprint density at radius 1 is 0.895 bits per heavy atom. The molecule has 1 aliphatic rings. The smallest absolute Gasteiger partial charge is 0.267 e. The number of benzene rings is 4. The van der Waals surface area contributed by atoms with Gasteiger partial charge in [-0.1, -0.05) is 78.9 Å². The Bertz CT molecular complexity index is 1340. The van der Waals surface area contributed by atoms with Crippen LogP contribution in [0.5, 0.6) is 11.5 Å². The third kappa shape index (κ3) is 5.86. The fraction of sp³-hybridized carbons (Fsp3) is 0.188. The van der Waals surface area contributed by atoms with Crippen molar-refractivity contribution in [1.29, 1.82) is 0 Å². The quantitative estimate of drug-likeness (QED) is 0.301. The molecule has 0 radical (unpaired) electrons. The maximum Gasteiger partial charge on any atom is 0.267 e. The molecule has 0 aliphatic carbocycles.